The summed E-state index contributed by atoms with van der Waals surface area (Å²) in [5.41, 5.74) is 8.27. The lowest BCUT2D eigenvalue weighted by atomic mass is 9.92. The standard InChI is InChI=1S/C36H41N7O3.C33H33ClN6O3/c1-6-18-37-22-34(44)40-32-20-25(17-19-38-32)23-46-30-16-15-29(27-9-7-8-10-28(27)30)39-35(45)41-33-21-31(36(3,4)5)42-43(33)26-13-11-24(2)12-14-26;1-21-9-11-23(12-10-21)40-30(18-28(39-40)33(2,3)4)38-32(42)36-26-13-14-27(25-8-6-5-7-24(25)26)43-20-22-15-16-35-29(17-22)37-31(41)19-34/h7-17,19-21,37H,6,18,22-23H2,1-5H3,(H,38,40,44)(H2,39,41,45);5-18H,19-20H2,1-4H3,(H,35,37,41)(H2,36,38,42). The van der Waals surface area contributed by atoms with Crippen molar-refractivity contribution in [1.82, 2.24) is 34.8 Å². The number of rotatable bonds is 19. The second-order valence-electron chi connectivity index (χ2n) is 23.4. The van der Waals surface area contributed by atoms with E-state index in [-0.39, 0.29) is 54.3 Å². The molecule has 0 aliphatic heterocycles. The van der Waals surface area contributed by atoms with E-state index in [4.69, 9.17) is 31.3 Å². The maximum absolute atomic E-state index is 13.4. The number of halogens is 1. The van der Waals surface area contributed by atoms with Crippen molar-refractivity contribution in [3.05, 3.63) is 204 Å². The summed E-state index contributed by atoms with van der Waals surface area (Å²) in [7, 11) is 0. The van der Waals surface area contributed by atoms with Gasteiger partial charge in [0.05, 0.1) is 40.7 Å². The molecular formula is C69H74ClN13O6. The number of nitrogens with zero attached hydrogens (tertiary/aromatic N) is 6. The van der Waals surface area contributed by atoms with Crippen molar-refractivity contribution < 1.29 is 28.7 Å². The van der Waals surface area contributed by atoms with E-state index in [1.54, 1.807) is 33.9 Å². The third-order valence-electron chi connectivity index (χ3n) is 14.1. The molecule has 0 aliphatic rings. The number of aryl methyl sites for hydroxylation is 2. The minimum atomic E-state index is -0.393. The number of amides is 6. The molecule has 4 aromatic heterocycles. The second kappa shape index (κ2) is 28.6. The molecule has 0 saturated carbocycles. The number of alkyl halides is 1. The van der Waals surface area contributed by atoms with Gasteiger partial charge in [-0.3, -0.25) is 20.2 Å². The average Bonchev–Trinajstić information content (AvgIpc) is 3.53. The Morgan fingerprint density at radius 1 is 0.494 bits per heavy atom. The zero-order chi connectivity index (χ0) is 63.2. The van der Waals surface area contributed by atoms with Crippen LogP contribution in [0.4, 0.5) is 44.2 Å². The predicted octanol–water partition coefficient (Wildman–Crippen LogP) is 14.6. The topological polar surface area (TPSA) is 232 Å². The SMILES string of the molecule is CCCNCC(=O)Nc1cc(COc2ccc(NC(=O)Nc3cc(C(C)(C)C)nn3-c3ccc(C)cc3)c3ccccc23)ccn1.Cc1ccc(-n2nc(C(C)(C)C)cc2NC(=O)Nc2ccc(OCc3ccnc(NC(=O)CCl)c3)c3ccccc23)cc1. The highest BCUT2D eigenvalue weighted by molar-refractivity contribution is 6.29. The summed E-state index contributed by atoms with van der Waals surface area (Å²) in [5, 5.41) is 33.5. The monoisotopic (exact) mass is 1220 g/mol. The number of nitrogens with one attached hydrogen (secondary N) is 7. The van der Waals surface area contributed by atoms with Gasteiger partial charge in [-0.1, -0.05) is 132 Å². The van der Waals surface area contributed by atoms with Gasteiger partial charge in [0.2, 0.25) is 11.8 Å². The summed E-state index contributed by atoms with van der Waals surface area (Å²) in [5.74, 6) is 2.69. The highest BCUT2D eigenvalue weighted by Crippen LogP contribution is 2.35. The molecule has 0 bridgehead atoms. The van der Waals surface area contributed by atoms with E-state index in [0.717, 1.165) is 79.5 Å². The Morgan fingerprint density at radius 2 is 0.910 bits per heavy atom. The third-order valence-corrected chi connectivity index (χ3v) is 14.3. The minimum Gasteiger partial charge on any atom is -0.488 e. The van der Waals surface area contributed by atoms with Gasteiger partial charge in [-0.2, -0.15) is 10.2 Å². The molecule has 0 fully saturated rings. The highest BCUT2D eigenvalue weighted by Gasteiger charge is 2.24. The van der Waals surface area contributed by atoms with Crippen LogP contribution in [-0.4, -0.2) is 72.4 Å². The Kier molecular flexibility index (Phi) is 20.4. The van der Waals surface area contributed by atoms with E-state index in [0.29, 0.717) is 46.1 Å². The zero-order valence-corrected chi connectivity index (χ0v) is 52.2. The van der Waals surface area contributed by atoms with Crippen molar-refractivity contribution in [3.63, 3.8) is 0 Å². The molecule has 0 atom stereocenters. The first-order valence-corrected chi connectivity index (χ1v) is 29.8. The average molecular weight is 1220 g/mol. The van der Waals surface area contributed by atoms with Crippen LogP contribution in [-0.2, 0) is 33.6 Å². The molecule has 0 spiro atoms. The van der Waals surface area contributed by atoms with E-state index in [1.807, 2.05) is 166 Å². The molecule has 0 unspecified atom stereocenters. The van der Waals surface area contributed by atoms with E-state index in [1.165, 1.54) is 0 Å². The Morgan fingerprint density at radius 3 is 1.31 bits per heavy atom. The molecular weight excluding hydrogens is 1140 g/mol. The van der Waals surface area contributed by atoms with Crippen molar-refractivity contribution in [2.24, 2.45) is 0 Å². The quantitative estimate of drug-likeness (QED) is 0.0297. The Labute approximate surface area is 523 Å². The Hall–Kier alpha value is -10.1. The highest BCUT2D eigenvalue weighted by atomic mass is 35.5. The Balaban J connectivity index is 0.000000212. The number of carbonyl (C=O) groups excluding carboxylic acids is 4. The minimum absolute atomic E-state index is 0.147. The van der Waals surface area contributed by atoms with Crippen LogP contribution in [0.25, 0.3) is 32.9 Å². The van der Waals surface area contributed by atoms with Crippen LogP contribution in [0, 0.1) is 13.8 Å². The maximum atomic E-state index is 13.4. The summed E-state index contributed by atoms with van der Waals surface area (Å²) in [6.45, 7) is 20.2. The maximum Gasteiger partial charge on any atom is 0.324 e. The van der Waals surface area contributed by atoms with Crippen LogP contribution in [0.1, 0.15) is 88.5 Å². The number of hydrogen-bond acceptors (Lipinski definition) is 11. The number of ether oxygens (including phenoxy) is 2. The number of benzene rings is 6. The largest absolute Gasteiger partial charge is 0.488 e. The summed E-state index contributed by atoms with van der Waals surface area (Å²) in [4.78, 5) is 58.9. The number of fused-ring (bicyclic) bond motifs is 2. The second-order valence-corrected chi connectivity index (χ2v) is 23.6. The van der Waals surface area contributed by atoms with Crippen LogP contribution in [0.5, 0.6) is 11.5 Å². The lowest BCUT2D eigenvalue weighted by Gasteiger charge is -2.15. The van der Waals surface area contributed by atoms with Gasteiger partial charge in [-0.15, -0.1) is 11.6 Å². The molecule has 4 heterocycles. The predicted molar refractivity (Wildman–Crippen MR) is 355 cm³/mol. The van der Waals surface area contributed by atoms with Crippen molar-refractivity contribution in [2.45, 2.75) is 92.8 Å². The lowest BCUT2D eigenvalue weighted by Crippen LogP contribution is -2.28. The molecule has 6 amide bonds. The van der Waals surface area contributed by atoms with Gasteiger partial charge >= 0.3 is 12.1 Å². The third kappa shape index (κ3) is 16.9. The smallest absolute Gasteiger partial charge is 0.324 e. The van der Waals surface area contributed by atoms with Gasteiger partial charge in [0, 0.05) is 56.9 Å². The summed E-state index contributed by atoms with van der Waals surface area (Å²) >= 11 is 5.58. The normalized spacial score (nSPS) is 11.3. The van der Waals surface area contributed by atoms with Gasteiger partial charge in [0.25, 0.3) is 0 Å². The molecule has 7 N–H and O–H groups in total. The van der Waals surface area contributed by atoms with Crippen LogP contribution >= 0.6 is 11.6 Å². The molecule has 20 heteroatoms. The van der Waals surface area contributed by atoms with Crippen molar-refractivity contribution in [2.75, 3.05) is 50.9 Å². The lowest BCUT2D eigenvalue weighted by molar-refractivity contribution is -0.115. The molecule has 0 radical (unpaired) electrons. The van der Waals surface area contributed by atoms with Crippen LogP contribution < -0.4 is 46.7 Å². The van der Waals surface area contributed by atoms with Crippen molar-refractivity contribution >= 4 is 91.7 Å². The van der Waals surface area contributed by atoms with E-state index < -0.39 is 6.03 Å². The van der Waals surface area contributed by atoms with Gasteiger partial charge in [-0.25, -0.2) is 28.9 Å². The fourth-order valence-electron chi connectivity index (χ4n) is 9.32. The van der Waals surface area contributed by atoms with Gasteiger partial charge in [0.15, 0.2) is 0 Å². The molecule has 89 heavy (non-hydrogen) atoms. The summed E-state index contributed by atoms with van der Waals surface area (Å²) < 4.78 is 15.9. The molecule has 6 aromatic carbocycles. The van der Waals surface area contributed by atoms with E-state index in [9.17, 15) is 19.2 Å². The summed E-state index contributed by atoms with van der Waals surface area (Å²) in [6.07, 6.45) is 4.20. The van der Waals surface area contributed by atoms with Gasteiger partial charge in [0.1, 0.15) is 53.9 Å². The van der Waals surface area contributed by atoms with Crippen LogP contribution in [0.2, 0.25) is 0 Å². The van der Waals surface area contributed by atoms with E-state index in [2.05, 4.69) is 88.7 Å². The first-order chi connectivity index (χ1) is 42.7. The fourth-order valence-corrected chi connectivity index (χ4v) is 9.39. The number of carbonyl (C=O) groups is 4. The molecule has 0 saturated heterocycles. The van der Waals surface area contributed by atoms with Crippen molar-refractivity contribution in [3.8, 4) is 22.9 Å². The first-order valence-electron chi connectivity index (χ1n) is 29.3. The first kappa shape index (κ1) is 63.4. The molecule has 458 valence electrons. The fraction of sp³-hybridized carbons (Fsp3) is 0.246. The molecule has 10 aromatic rings. The number of pyridine rings is 2. The number of hydrogen-bond donors (Lipinski definition) is 7. The van der Waals surface area contributed by atoms with Crippen LogP contribution in [0.3, 0.4) is 0 Å². The molecule has 10 rings (SSSR count). The Bertz CT molecular complexity index is 4130. The zero-order valence-electron chi connectivity index (χ0n) is 51.4. The summed E-state index contributed by atoms with van der Waals surface area (Å²) in [6, 6.07) is 49.0. The van der Waals surface area contributed by atoms with Gasteiger partial charge in [-0.05, 0) is 111 Å². The van der Waals surface area contributed by atoms with Crippen LogP contribution in [0.15, 0.2) is 170 Å². The van der Waals surface area contributed by atoms with E-state index >= 15 is 0 Å². The van der Waals surface area contributed by atoms with Gasteiger partial charge < -0.3 is 36.1 Å². The molecule has 19 nitrogen and oxygen atoms in total. The number of urea groups is 2. The molecule has 0 aliphatic carbocycles. The number of aromatic nitrogens is 6. The number of anilines is 6. The van der Waals surface area contributed by atoms with Crippen molar-refractivity contribution in [1.29, 1.82) is 0 Å².